The molecule has 112 valence electrons. The summed E-state index contributed by atoms with van der Waals surface area (Å²) in [5.74, 6) is -0.897. The Balaban J connectivity index is 3.01. The Morgan fingerprint density at radius 3 is 2.60 bits per heavy atom. The average molecular weight is 301 g/mol. The minimum absolute atomic E-state index is 0.135. The van der Waals surface area contributed by atoms with Crippen molar-refractivity contribution in [2.24, 2.45) is 0 Å². The number of rotatable bonds is 7. The Labute approximate surface area is 121 Å². The van der Waals surface area contributed by atoms with Gasteiger partial charge in [0.1, 0.15) is 9.88 Å². The summed E-state index contributed by atoms with van der Waals surface area (Å²) in [5, 5.41) is 6.15. The van der Waals surface area contributed by atoms with Crippen molar-refractivity contribution in [3.63, 3.8) is 0 Å². The van der Waals surface area contributed by atoms with Crippen LogP contribution in [0.2, 0.25) is 0 Å². The highest BCUT2D eigenvalue weighted by Gasteiger charge is 2.25. The van der Waals surface area contributed by atoms with E-state index in [0.29, 0.717) is 18.2 Å². The van der Waals surface area contributed by atoms with Gasteiger partial charge in [-0.15, -0.1) is 11.3 Å². The minimum Gasteiger partial charge on any atom is -0.465 e. The van der Waals surface area contributed by atoms with Gasteiger partial charge in [0.2, 0.25) is 0 Å². The van der Waals surface area contributed by atoms with E-state index in [1.54, 1.807) is 7.11 Å². The number of carbonyl (C=O) groups excluding carboxylic acids is 2. The molecule has 0 unspecified atom stereocenters. The van der Waals surface area contributed by atoms with Gasteiger partial charge in [-0.25, -0.2) is 4.79 Å². The molecule has 0 radical (unpaired) electrons. The SMILES string of the molecule is CNC(=O)c1c(NCCCOC)sc(C(=O)OC)c1N. The van der Waals surface area contributed by atoms with Crippen molar-refractivity contribution in [1.82, 2.24) is 5.32 Å². The van der Waals surface area contributed by atoms with Gasteiger partial charge in [0.15, 0.2) is 0 Å². The van der Waals surface area contributed by atoms with Crippen LogP contribution in [-0.4, -0.2) is 46.3 Å². The predicted octanol–water partition coefficient (Wildman–Crippen LogP) is 0.925. The molecule has 1 amide bonds. The summed E-state index contributed by atoms with van der Waals surface area (Å²) in [6, 6.07) is 0. The second-order valence-corrected chi connectivity index (χ2v) is 4.91. The lowest BCUT2D eigenvalue weighted by atomic mass is 10.2. The Bertz CT molecular complexity index is 487. The van der Waals surface area contributed by atoms with Crippen LogP contribution in [-0.2, 0) is 9.47 Å². The summed E-state index contributed by atoms with van der Waals surface area (Å²) in [6.07, 6.45) is 0.773. The van der Waals surface area contributed by atoms with Crippen LogP contribution in [0, 0.1) is 0 Å². The fourth-order valence-electron chi connectivity index (χ4n) is 1.58. The van der Waals surface area contributed by atoms with E-state index in [1.165, 1.54) is 14.2 Å². The van der Waals surface area contributed by atoms with Gasteiger partial charge in [0.05, 0.1) is 18.4 Å². The summed E-state index contributed by atoms with van der Waals surface area (Å²) < 4.78 is 9.60. The maximum absolute atomic E-state index is 11.9. The van der Waals surface area contributed by atoms with Gasteiger partial charge in [-0.05, 0) is 6.42 Å². The number of carbonyl (C=O) groups is 2. The Morgan fingerprint density at radius 1 is 1.35 bits per heavy atom. The Morgan fingerprint density at radius 2 is 2.05 bits per heavy atom. The molecule has 0 aromatic carbocycles. The van der Waals surface area contributed by atoms with Crippen LogP contribution >= 0.6 is 11.3 Å². The quantitative estimate of drug-likeness (QED) is 0.511. The fraction of sp³-hybridized carbons (Fsp3) is 0.500. The molecule has 0 saturated heterocycles. The van der Waals surface area contributed by atoms with Crippen LogP contribution in [0.15, 0.2) is 0 Å². The summed E-state index contributed by atoms with van der Waals surface area (Å²) in [5.41, 5.74) is 6.28. The molecule has 4 N–H and O–H groups in total. The molecule has 8 heteroatoms. The highest BCUT2D eigenvalue weighted by atomic mass is 32.1. The zero-order valence-electron chi connectivity index (χ0n) is 11.7. The minimum atomic E-state index is -0.553. The zero-order chi connectivity index (χ0) is 15.1. The number of nitrogens with one attached hydrogen (secondary N) is 2. The molecule has 0 saturated carbocycles. The summed E-state index contributed by atoms with van der Waals surface area (Å²) >= 11 is 1.11. The van der Waals surface area contributed by atoms with E-state index in [2.05, 4.69) is 15.4 Å². The third-order valence-electron chi connectivity index (χ3n) is 2.58. The number of amides is 1. The van der Waals surface area contributed by atoms with Crippen LogP contribution in [0.5, 0.6) is 0 Å². The summed E-state index contributed by atoms with van der Waals surface area (Å²) in [6.45, 7) is 1.21. The van der Waals surface area contributed by atoms with E-state index >= 15 is 0 Å². The number of methoxy groups -OCH3 is 2. The largest absolute Gasteiger partial charge is 0.465 e. The lowest BCUT2D eigenvalue weighted by Crippen LogP contribution is -2.20. The molecule has 7 nitrogen and oxygen atoms in total. The van der Waals surface area contributed by atoms with Gasteiger partial charge in [-0.1, -0.05) is 0 Å². The normalized spacial score (nSPS) is 10.2. The number of nitrogen functional groups attached to an aromatic ring is 1. The smallest absolute Gasteiger partial charge is 0.350 e. The molecule has 1 aromatic heterocycles. The molecule has 0 aliphatic carbocycles. The molecule has 0 aliphatic heterocycles. The van der Waals surface area contributed by atoms with Crippen molar-refractivity contribution < 1.29 is 19.1 Å². The van der Waals surface area contributed by atoms with Crippen molar-refractivity contribution in [2.45, 2.75) is 6.42 Å². The van der Waals surface area contributed by atoms with Crippen molar-refractivity contribution in [2.75, 3.05) is 45.5 Å². The number of thiophene rings is 1. The molecule has 0 fully saturated rings. The predicted molar refractivity (Wildman–Crippen MR) is 78.4 cm³/mol. The van der Waals surface area contributed by atoms with Gasteiger partial charge >= 0.3 is 5.97 Å². The first-order valence-corrected chi connectivity index (χ1v) is 6.83. The first-order chi connectivity index (χ1) is 9.56. The second kappa shape index (κ2) is 7.71. The highest BCUT2D eigenvalue weighted by Crippen LogP contribution is 2.36. The summed E-state index contributed by atoms with van der Waals surface area (Å²) in [7, 11) is 4.40. The fourth-order valence-corrected chi connectivity index (χ4v) is 2.64. The van der Waals surface area contributed by atoms with E-state index in [1.807, 2.05) is 0 Å². The Kier molecular flexibility index (Phi) is 6.26. The van der Waals surface area contributed by atoms with Crippen LogP contribution in [0.4, 0.5) is 10.7 Å². The monoisotopic (exact) mass is 301 g/mol. The van der Waals surface area contributed by atoms with Crippen molar-refractivity contribution in [3.8, 4) is 0 Å². The van der Waals surface area contributed by atoms with Gasteiger partial charge < -0.3 is 25.8 Å². The average Bonchev–Trinajstić information content (AvgIpc) is 2.79. The van der Waals surface area contributed by atoms with Crippen LogP contribution in [0.3, 0.4) is 0 Å². The molecule has 1 rings (SSSR count). The second-order valence-electron chi connectivity index (χ2n) is 3.89. The first-order valence-electron chi connectivity index (χ1n) is 6.02. The van der Waals surface area contributed by atoms with Crippen LogP contribution in [0.1, 0.15) is 26.5 Å². The topological polar surface area (TPSA) is 103 Å². The molecule has 1 aromatic rings. The third-order valence-corrected chi connectivity index (χ3v) is 3.72. The number of hydrogen-bond acceptors (Lipinski definition) is 7. The van der Waals surface area contributed by atoms with Crippen molar-refractivity contribution in [1.29, 1.82) is 0 Å². The first kappa shape index (κ1) is 16.3. The van der Waals surface area contributed by atoms with Gasteiger partial charge in [-0.3, -0.25) is 4.79 Å². The molecular weight excluding hydrogens is 282 g/mol. The maximum atomic E-state index is 11.9. The number of ether oxygens (including phenoxy) is 2. The third kappa shape index (κ3) is 3.61. The van der Waals surface area contributed by atoms with Crippen molar-refractivity contribution in [3.05, 3.63) is 10.4 Å². The van der Waals surface area contributed by atoms with E-state index in [0.717, 1.165) is 17.8 Å². The lowest BCUT2D eigenvalue weighted by Gasteiger charge is -2.06. The number of nitrogens with two attached hydrogens (primary N) is 1. The maximum Gasteiger partial charge on any atom is 0.350 e. The van der Waals surface area contributed by atoms with Crippen molar-refractivity contribution >= 4 is 33.9 Å². The standard InChI is InChI=1S/C12H19N3O4S/c1-14-10(16)7-8(13)9(12(17)19-3)20-11(7)15-5-4-6-18-2/h15H,4-6,13H2,1-3H3,(H,14,16). The number of hydrogen-bond donors (Lipinski definition) is 3. The zero-order valence-corrected chi connectivity index (χ0v) is 12.6. The molecular formula is C12H19N3O4S. The highest BCUT2D eigenvalue weighted by molar-refractivity contribution is 7.19. The van der Waals surface area contributed by atoms with Crippen LogP contribution in [0.25, 0.3) is 0 Å². The Hall–Kier alpha value is -1.80. The van der Waals surface area contributed by atoms with E-state index in [-0.39, 0.29) is 22.0 Å². The molecule has 0 atom stereocenters. The van der Waals surface area contributed by atoms with E-state index < -0.39 is 5.97 Å². The van der Waals surface area contributed by atoms with E-state index in [9.17, 15) is 9.59 Å². The van der Waals surface area contributed by atoms with Gasteiger partial charge in [-0.2, -0.15) is 0 Å². The molecule has 0 spiro atoms. The number of anilines is 2. The van der Waals surface area contributed by atoms with Gasteiger partial charge in [0, 0.05) is 27.3 Å². The van der Waals surface area contributed by atoms with Gasteiger partial charge in [0.25, 0.3) is 5.91 Å². The lowest BCUT2D eigenvalue weighted by molar-refractivity contribution is 0.0607. The molecule has 1 heterocycles. The van der Waals surface area contributed by atoms with Crippen LogP contribution < -0.4 is 16.4 Å². The number of esters is 1. The molecule has 0 bridgehead atoms. The summed E-state index contributed by atoms with van der Waals surface area (Å²) in [4.78, 5) is 23.7. The molecule has 20 heavy (non-hydrogen) atoms. The molecule has 0 aliphatic rings. The van der Waals surface area contributed by atoms with E-state index in [4.69, 9.17) is 10.5 Å².